The van der Waals surface area contributed by atoms with Gasteiger partial charge < -0.3 is 9.13 Å². The van der Waals surface area contributed by atoms with Crippen molar-refractivity contribution in [2.45, 2.75) is 38.6 Å². The molecule has 0 atom stereocenters. The number of imidazole rings is 1. The van der Waals surface area contributed by atoms with Gasteiger partial charge in [0.1, 0.15) is 0 Å². The fraction of sp³-hybridized carbons (Fsp3) is 0.333. The minimum absolute atomic E-state index is 0.0290. The molecular weight excluding hydrogens is 354 g/mol. The first-order valence-electron chi connectivity index (χ1n) is 7.93. The number of aromatic nitrogens is 3. The smallest absolute Gasteiger partial charge is 0.203 e. The van der Waals surface area contributed by atoms with Gasteiger partial charge in [-0.05, 0) is 60.8 Å². The van der Waals surface area contributed by atoms with E-state index in [9.17, 15) is 4.79 Å². The van der Waals surface area contributed by atoms with E-state index < -0.39 is 0 Å². The van der Waals surface area contributed by atoms with Gasteiger partial charge >= 0.3 is 0 Å². The van der Waals surface area contributed by atoms with Crippen LogP contribution in [0.5, 0.6) is 0 Å². The Morgan fingerprint density at radius 1 is 1.26 bits per heavy atom. The normalized spacial score (nSPS) is 14.8. The minimum atomic E-state index is 0.0290. The molecule has 0 unspecified atom stereocenters. The average molecular weight is 372 g/mol. The van der Waals surface area contributed by atoms with E-state index in [-0.39, 0.29) is 11.5 Å². The lowest BCUT2D eigenvalue weighted by molar-refractivity contribution is 0.616. The molecule has 4 nitrogen and oxygen atoms in total. The van der Waals surface area contributed by atoms with Crippen LogP contribution in [0.4, 0.5) is 0 Å². The first-order chi connectivity index (χ1) is 11.0. The molecule has 0 amide bonds. The van der Waals surface area contributed by atoms with E-state index in [1.165, 1.54) is 12.8 Å². The molecule has 1 aliphatic carbocycles. The zero-order valence-corrected chi connectivity index (χ0v) is 14.7. The molecule has 1 fully saturated rings. The van der Waals surface area contributed by atoms with Crippen LogP contribution in [0.25, 0.3) is 16.6 Å². The van der Waals surface area contributed by atoms with Crippen molar-refractivity contribution < 1.29 is 0 Å². The quantitative estimate of drug-likeness (QED) is 0.683. The van der Waals surface area contributed by atoms with Crippen LogP contribution >= 0.6 is 15.9 Å². The molecule has 0 N–H and O–H groups in total. The zero-order valence-electron chi connectivity index (χ0n) is 13.2. The predicted molar refractivity (Wildman–Crippen MR) is 95.4 cm³/mol. The topological polar surface area (TPSA) is 39.8 Å². The lowest BCUT2D eigenvalue weighted by Gasteiger charge is -2.16. The Morgan fingerprint density at radius 3 is 2.74 bits per heavy atom. The summed E-state index contributed by atoms with van der Waals surface area (Å²) in [5.41, 5.74) is 3.11. The third kappa shape index (κ3) is 2.53. The maximum atomic E-state index is 12.5. The Balaban J connectivity index is 1.89. The van der Waals surface area contributed by atoms with Crippen molar-refractivity contribution in [2.24, 2.45) is 0 Å². The predicted octanol–water partition coefficient (Wildman–Crippen LogP) is 4.41. The van der Waals surface area contributed by atoms with Crippen LogP contribution in [0.1, 0.15) is 44.3 Å². The maximum absolute atomic E-state index is 12.5. The molecule has 118 valence electrons. The molecule has 0 bridgehead atoms. The number of fused-ring (bicyclic) bond motifs is 1. The summed E-state index contributed by atoms with van der Waals surface area (Å²) in [5.74, 6) is 0.629. The van der Waals surface area contributed by atoms with Crippen LogP contribution in [0.2, 0.25) is 0 Å². The van der Waals surface area contributed by atoms with Crippen LogP contribution in [-0.4, -0.2) is 14.1 Å². The highest BCUT2D eigenvalue weighted by Gasteiger charge is 2.25. The number of benzene rings is 1. The van der Waals surface area contributed by atoms with Crippen LogP contribution < -0.4 is 5.43 Å². The average Bonchev–Trinajstić information content (AvgIpc) is 3.27. The summed E-state index contributed by atoms with van der Waals surface area (Å²) in [6.07, 6.45) is 8.27. The number of halogens is 1. The minimum Gasteiger partial charge on any atom is -0.344 e. The van der Waals surface area contributed by atoms with E-state index in [1.807, 2.05) is 35.3 Å². The fourth-order valence-corrected chi connectivity index (χ4v) is 3.40. The van der Waals surface area contributed by atoms with E-state index >= 15 is 0 Å². The van der Waals surface area contributed by atoms with Crippen LogP contribution in [0, 0.1) is 0 Å². The first-order valence-corrected chi connectivity index (χ1v) is 8.72. The SMILES string of the molecule is CC(C)n1cc(Br)c(=O)c2cc(-n3cnc(C4CC4)c3)ccc21. The van der Waals surface area contributed by atoms with E-state index in [2.05, 4.69) is 45.5 Å². The summed E-state index contributed by atoms with van der Waals surface area (Å²) in [7, 11) is 0. The molecule has 1 aromatic carbocycles. The second kappa shape index (κ2) is 5.34. The number of rotatable bonds is 3. The van der Waals surface area contributed by atoms with Crippen molar-refractivity contribution in [3.05, 3.63) is 57.3 Å². The van der Waals surface area contributed by atoms with E-state index in [0.29, 0.717) is 10.4 Å². The molecule has 0 aliphatic heterocycles. The summed E-state index contributed by atoms with van der Waals surface area (Å²) in [6.45, 7) is 4.23. The summed E-state index contributed by atoms with van der Waals surface area (Å²) in [6, 6.07) is 6.32. The van der Waals surface area contributed by atoms with Gasteiger partial charge in [0.25, 0.3) is 0 Å². The van der Waals surface area contributed by atoms with E-state index in [1.54, 1.807) is 0 Å². The van der Waals surface area contributed by atoms with Crippen molar-refractivity contribution in [2.75, 3.05) is 0 Å². The van der Waals surface area contributed by atoms with Gasteiger partial charge in [0.2, 0.25) is 5.43 Å². The molecule has 2 heterocycles. The highest BCUT2D eigenvalue weighted by molar-refractivity contribution is 9.10. The van der Waals surface area contributed by atoms with Gasteiger partial charge in [-0.2, -0.15) is 0 Å². The Labute approximate surface area is 142 Å². The Kier molecular flexibility index (Phi) is 3.41. The molecule has 23 heavy (non-hydrogen) atoms. The largest absolute Gasteiger partial charge is 0.344 e. The lowest BCUT2D eigenvalue weighted by atomic mass is 10.1. The second-order valence-electron chi connectivity index (χ2n) is 6.49. The van der Waals surface area contributed by atoms with Gasteiger partial charge in [-0.15, -0.1) is 0 Å². The van der Waals surface area contributed by atoms with Crippen LogP contribution in [0.15, 0.2) is 46.2 Å². The molecule has 0 spiro atoms. The molecular formula is C18H18BrN3O. The summed E-state index contributed by atoms with van der Waals surface area (Å²) < 4.78 is 4.72. The van der Waals surface area contributed by atoms with Crippen molar-refractivity contribution >= 4 is 26.8 Å². The zero-order chi connectivity index (χ0) is 16.1. The third-order valence-electron chi connectivity index (χ3n) is 4.42. The van der Waals surface area contributed by atoms with Crippen LogP contribution in [-0.2, 0) is 0 Å². The van der Waals surface area contributed by atoms with Gasteiger partial charge in [-0.3, -0.25) is 4.79 Å². The van der Waals surface area contributed by atoms with Gasteiger partial charge in [-0.25, -0.2) is 4.98 Å². The number of hydrogen-bond acceptors (Lipinski definition) is 2. The van der Waals surface area contributed by atoms with Gasteiger partial charge in [0, 0.05) is 35.4 Å². The first kappa shape index (κ1) is 14.7. The van der Waals surface area contributed by atoms with E-state index in [0.717, 1.165) is 22.3 Å². The van der Waals surface area contributed by atoms with Crippen LogP contribution in [0.3, 0.4) is 0 Å². The molecule has 0 saturated heterocycles. The molecule has 1 aliphatic rings. The summed E-state index contributed by atoms with van der Waals surface area (Å²) >= 11 is 3.40. The molecule has 2 aromatic heterocycles. The Hall–Kier alpha value is -1.88. The molecule has 4 rings (SSSR count). The third-order valence-corrected chi connectivity index (χ3v) is 4.99. The van der Waals surface area contributed by atoms with Gasteiger partial charge in [0.15, 0.2) is 0 Å². The van der Waals surface area contributed by atoms with E-state index in [4.69, 9.17) is 0 Å². The standard InChI is InChI=1S/C18H18BrN3O/c1-11(2)22-8-15(19)18(23)14-7-13(5-6-17(14)22)21-9-16(20-10-21)12-3-4-12/h5-12H,3-4H2,1-2H3. The van der Waals surface area contributed by atoms with Gasteiger partial charge in [-0.1, -0.05) is 0 Å². The lowest BCUT2D eigenvalue weighted by Crippen LogP contribution is -2.12. The summed E-state index contributed by atoms with van der Waals surface area (Å²) in [5, 5.41) is 0.729. The second-order valence-corrected chi connectivity index (χ2v) is 7.34. The molecule has 1 saturated carbocycles. The Bertz CT molecular complexity index is 951. The summed E-state index contributed by atoms with van der Waals surface area (Å²) in [4.78, 5) is 17.0. The highest BCUT2D eigenvalue weighted by Crippen LogP contribution is 2.39. The number of hydrogen-bond donors (Lipinski definition) is 0. The van der Waals surface area contributed by atoms with Crippen molar-refractivity contribution in [3.63, 3.8) is 0 Å². The van der Waals surface area contributed by atoms with Crippen molar-refractivity contribution in [3.8, 4) is 5.69 Å². The fourth-order valence-electron chi connectivity index (χ4n) is 2.97. The maximum Gasteiger partial charge on any atom is 0.203 e. The van der Waals surface area contributed by atoms with Crippen molar-refractivity contribution in [1.29, 1.82) is 0 Å². The monoisotopic (exact) mass is 371 g/mol. The molecule has 3 aromatic rings. The number of nitrogens with zero attached hydrogens (tertiary/aromatic N) is 3. The Morgan fingerprint density at radius 2 is 2.04 bits per heavy atom. The van der Waals surface area contributed by atoms with Gasteiger partial charge in [0.05, 0.1) is 22.0 Å². The molecule has 0 radical (unpaired) electrons. The number of pyridine rings is 1. The molecule has 5 heteroatoms. The van der Waals surface area contributed by atoms with Crippen molar-refractivity contribution in [1.82, 2.24) is 14.1 Å². The highest BCUT2D eigenvalue weighted by atomic mass is 79.9.